The lowest BCUT2D eigenvalue weighted by atomic mass is 10.0. The van der Waals surface area contributed by atoms with Crippen molar-refractivity contribution < 1.29 is 27.4 Å². The number of halogens is 4. The van der Waals surface area contributed by atoms with E-state index in [2.05, 4.69) is 4.74 Å². The van der Waals surface area contributed by atoms with Gasteiger partial charge in [0.2, 0.25) is 0 Å². The molecule has 0 heterocycles. The Morgan fingerprint density at radius 1 is 0.767 bits per heavy atom. The van der Waals surface area contributed by atoms with Crippen molar-refractivity contribution in [2.45, 2.75) is 13.0 Å². The summed E-state index contributed by atoms with van der Waals surface area (Å²) >= 11 is 0. The third-order valence-corrected chi connectivity index (χ3v) is 3.98. The largest absolute Gasteiger partial charge is 0.573 e. The van der Waals surface area contributed by atoms with Crippen LogP contribution in [0.1, 0.15) is 5.56 Å². The average Bonchev–Trinajstić information content (AvgIpc) is 2.71. The van der Waals surface area contributed by atoms with Gasteiger partial charge in [-0.1, -0.05) is 54.6 Å². The minimum Gasteiger partial charge on any atom is -0.488 e. The van der Waals surface area contributed by atoms with E-state index in [4.69, 9.17) is 15.2 Å². The Balaban J connectivity index is 0.00000320. The van der Waals surface area contributed by atoms with Crippen LogP contribution in [0.15, 0.2) is 72.8 Å². The number of ether oxygens (including phenoxy) is 3. The number of hydrogen-bond donors (Lipinski definition) is 1. The van der Waals surface area contributed by atoms with Gasteiger partial charge in [-0.2, -0.15) is 0 Å². The zero-order chi connectivity index (χ0) is 20.7. The van der Waals surface area contributed by atoms with E-state index >= 15 is 0 Å². The summed E-state index contributed by atoms with van der Waals surface area (Å²) in [6.45, 7) is 0.583. The normalized spacial score (nSPS) is 10.8. The number of hydrogen-bond acceptors (Lipinski definition) is 4. The molecular weight excluding hydrogens is 419 g/mol. The number of alkyl halides is 3. The van der Waals surface area contributed by atoms with Crippen molar-refractivity contribution in [3.63, 3.8) is 0 Å². The van der Waals surface area contributed by atoms with Crippen LogP contribution in [0.3, 0.4) is 0 Å². The van der Waals surface area contributed by atoms with Crippen molar-refractivity contribution in [2.75, 3.05) is 13.2 Å². The molecule has 0 aromatic heterocycles. The molecule has 0 spiro atoms. The zero-order valence-electron chi connectivity index (χ0n) is 15.9. The first-order chi connectivity index (χ1) is 14.0. The Morgan fingerprint density at radius 3 is 2.17 bits per heavy atom. The van der Waals surface area contributed by atoms with Gasteiger partial charge in [-0.3, -0.25) is 0 Å². The maximum Gasteiger partial charge on any atom is 0.573 e. The second-order valence-corrected chi connectivity index (χ2v) is 6.12. The Hall–Kier alpha value is -2.90. The van der Waals surface area contributed by atoms with Gasteiger partial charge in [-0.25, -0.2) is 0 Å². The fourth-order valence-corrected chi connectivity index (χ4v) is 2.73. The summed E-state index contributed by atoms with van der Waals surface area (Å²) in [4.78, 5) is 0. The van der Waals surface area contributed by atoms with E-state index in [9.17, 15) is 13.2 Å². The predicted octanol–water partition coefficient (Wildman–Crippen LogP) is 5.59. The van der Waals surface area contributed by atoms with Gasteiger partial charge in [0.05, 0.1) is 0 Å². The molecule has 30 heavy (non-hydrogen) atoms. The lowest BCUT2D eigenvalue weighted by Crippen LogP contribution is -2.18. The Morgan fingerprint density at radius 2 is 1.47 bits per heavy atom. The summed E-state index contributed by atoms with van der Waals surface area (Å²) in [5.41, 5.74) is 7.77. The van der Waals surface area contributed by atoms with Gasteiger partial charge < -0.3 is 19.9 Å². The van der Waals surface area contributed by atoms with E-state index in [0.29, 0.717) is 17.9 Å². The van der Waals surface area contributed by atoms with Crippen molar-refractivity contribution in [3.8, 4) is 28.4 Å². The SMILES string of the molecule is Cl.NCCOc1cc(-c2ccccc2OCc2ccccc2)ccc1OC(F)(F)F. The predicted molar refractivity (Wildman–Crippen MR) is 111 cm³/mol. The fourth-order valence-electron chi connectivity index (χ4n) is 2.73. The van der Waals surface area contributed by atoms with Gasteiger partial charge in [-0.05, 0) is 29.3 Å². The summed E-state index contributed by atoms with van der Waals surface area (Å²) in [6, 6.07) is 21.2. The van der Waals surface area contributed by atoms with E-state index in [1.807, 2.05) is 48.5 Å². The summed E-state index contributed by atoms with van der Waals surface area (Å²) in [6.07, 6.45) is -4.82. The molecule has 0 aliphatic carbocycles. The lowest BCUT2D eigenvalue weighted by Gasteiger charge is -2.16. The molecule has 160 valence electrons. The first-order valence-electron chi connectivity index (χ1n) is 8.95. The highest BCUT2D eigenvalue weighted by Crippen LogP contribution is 2.38. The van der Waals surface area contributed by atoms with Crippen molar-refractivity contribution >= 4 is 12.4 Å². The minimum atomic E-state index is -4.82. The second-order valence-electron chi connectivity index (χ2n) is 6.12. The molecule has 0 aliphatic heterocycles. The number of para-hydroxylation sites is 1. The molecular formula is C22H21ClF3NO3. The highest BCUT2D eigenvalue weighted by Gasteiger charge is 2.32. The molecule has 0 fully saturated rings. The van der Waals surface area contributed by atoms with Crippen molar-refractivity contribution in [2.24, 2.45) is 5.73 Å². The van der Waals surface area contributed by atoms with Gasteiger partial charge in [-0.15, -0.1) is 25.6 Å². The third kappa shape index (κ3) is 6.57. The van der Waals surface area contributed by atoms with Gasteiger partial charge >= 0.3 is 6.36 Å². The van der Waals surface area contributed by atoms with Gasteiger partial charge in [0.15, 0.2) is 11.5 Å². The Bertz CT molecular complexity index is 936. The van der Waals surface area contributed by atoms with Crippen LogP contribution in [0.5, 0.6) is 17.2 Å². The Labute approximate surface area is 178 Å². The summed E-state index contributed by atoms with van der Waals surface area (Å²) in [5, 5.41) is 0. The molecule has 0 radical (unpaired) electrons. The number of nitrogens with two attached hydrogens (primary N) is 1. The number of rotatable bonds is 8. The van der Waals surface area contributed by atoms with Crippen molar-refractivity contribution in [1.82, 2.24) is 0 Å². The molecule has 3 aromatic carbocycles. The van der Waals surface area contributed by atoms with Crippen LogP contribution in [0, 0.1) is 0 Å². The molecule has 0 unspecified atom stereocenters. The highest BCUT2D eigenvalue weighted by atomic mass is 35.5. The smallest absolute Gasteiger partial charge is 0.488 e. The first kappa shape index (κ1) is 23.4. The monoisotopic (exact) mass is 439 g/mol. The summed E-state index contributed by atoms with van der Waals surface area (Å²) in [7, 11) is 0. The van der Waals surface area contributed by atoms with Crippen molar-refractivity contribution in [1.29, 1.82) is 0 Å². The van der Waals surface area contributed by atoms with E-state index in [1.54, 1.807) is 6.07 Å². The summed E-state index contributed by atoms with van der Waals surface area (Å²) in [5.74, 6) is 0.145. The number of benzene rings is 3. The second kappa shape index (κ2) is 10.8. The van der Waals surface area contributed by atoms with Gasteiger partial charge in [0, 0.05) is 12.1 Å². The van der Waals surface area contributed by atoms with E-state index < -0.39 is 12.1 Å². The van der Waals surface area contributed by atoms with E-state index in [-0.39, 0.29) is 31.3 Å². The molecule has 3 rings (SSSR count). The van der Waals surface area contributed by atoms with Crippen LogP contribution >= 0.6 is 12.4 Å². The van der Waals surface area contributed by atoms with Gasteiger partial charge in [0.25, 0.3) is 0 Å². The highest BCUT2D eigenvalue weighted by molar-refractivity contribution is 5.85. The molecule has 4 nitrogen and oxygen atoms in total. The van der Waals surface area contributed by atoms with Crippen LogP contribution in [0.4, 0.5) is 13.2 Å². The van der Waals surface area contributed by atoms with E-state index in [0.717, 1.165) is 11.1 Å². The van der Waals surface area contributed by atoms with Gasteiger partial charge in [0.1, 0.15) is 19.0 Å². The molecule has 8 heteroatoms. The molecule has 3 aromatic rings. The Kier molecular flexibility index (Phi) is 8.38. The molecule has 0 bridgehead atoms. The van der Waals surface area contributed by atoms with Crippen LogP contribution in [0.25, 0.3) is 11.1 Å². The zero-order valence-corrected chi connectivity index (χ0v) is 16.7. The molecule has 0 amide bonds. The van der Waals surface area contributed by atoms with Crippen LogP contribution in [0.2, 0.25) is 0 Å². The van der Waals surface area contributed by atoms with Crippen LogP contribution in [-0.4, -0.2) is 19.5 Å². The lowest BCUT2D eigenvalue weighted by molar-refractivity contribution is -0.275. The standard InChI is InChI=1S/C22H20F3NO3.ClH/c23-22(24,25)29-20-11-10-17(14-21(20)27-13-12-26)18-8-4-5-9-19(18)28-15-16-6-2-1-3-7-16;/h1-11,14H,12-13,15,26H2;1H. The maximum atomic E-state index is 12.7. The quantitative estimate of drug-likeness (QED) is 0.497. The molecule has 0 aliphatic rings. The first-order valence-corrected chi connectivity index (χ1v) is 8.95. The third-order valence-electron chi connectivity index (χ3n) is 3.98. The molecule has 0 saturated heterocycles. The van der Waals surface area contributed by atoms with E-state index in [1.165, 1.54) is 18.2 Å². The topological polar surface area (TPSA) is 53.7 Å². The summed E-state index contributed by atoms with van der Waals surface area (Å²) < 4.78 is 53.4. The maximum absolute atomic E-state index is 12.7. The minimum absolute atomic E-state index is 0. The van der Waals surface area contributed by atoms with Crippen LogP contribution in [-0.2, 0) is 6.61 Å². The van der Waals surface area contributed by atoms with Crippen LogP contribution < -0.4 is 19.9 Å². The molecule has 2 N–H and O–H groups in total. The molecule has 0 atom stereocenters. The molecule has 0 saturated carbocycles. The average molecular weight is 440 g/mol. The fraction of sp³-hybridized carbons (Fsp3) is 0.182. The van der Waals surface area contributed by atoms with Crippen molar-refractivity contribution in [3.05, 3.63) is 78.4 Å².